The van der Waals surface area contributed by atoms with Gasteiger partial charge < -0.3 is 5.11 Å². The standard InChI is InChI=1S/C16H16BrN7O3S/c1-16(2,3)13-14(23-8-18-7-20-23)28-15(21-13)22-19-6-9-4-10(24(26)27)5-11(17)12(9)25/h4-8,25H,1-3H3,(H,21,22)/b19-6+. The summed E-state index contributed by atoms with van der Waals surface area (Å²) < 4.78 is 1.84. The van der Waals surface area contributed by atoms with Crippen LogP contribution < -0.4 is 5.43 Å². The van der Waals surface area contributed by atoms with Gasteiger partial charge in [-0.15, -0.1) is 0 Å². The number of phenols is 1. The fraction of sp³-hybridized carbons (Fsp3) is 0.250. The average Bonchev–Trinajstić information content (AvgIpc) is 3.27. The SMILES string of the molecule is CC(C)(C)c1nc(N/N=C/c2cc([N+](=O)[O-])cc(Br)c2O)sc1-n1cncn1. The maximum Gasteiger partial charge on any atom is 0.271 e. The quantitative estimate of drug-likeness (QED) is 0.332. The molecular formula is C16H16BrN7O3S. The minimum atomic E-state index is -0.546. The first kappa shape index (κ1) is 19.9. The molecule has 0 aliphatic heterocycles. The summed E-state index contributed by atoms with van der Waals surface area (Å²) in [6.45, 7) is 6.11. The average molecular weight is 466 g/mol. The van der Waals surface area contributed by atoms with Crippen LogP contribution in [-0.4, -0.2) is 36.0 Å². The van der Waals surface area contributed by atoms with Crippen LogP contribution in [0.3, 0.4) is 0 Å². The molecule has 1 aromatic carbocycles. The van der Waals surface area contributed by atoms with Crippen molar-refractivity contribution in [3.05, 3.63) is 50.6 Å². The van der Waals surface area contributed by atoms with Crippen molar-refractivity contribution >= 4 is 44.3 Å². The normalized spacial score (nSPS) is 11.9. The minimum Gasteiger partial charge on any atom is -0.506 e. The molecule has 0 aliphatic rings. The highest BCUT2D eigenvalue weighted by molar-refractivity contribution is 9.10. The third-order valence-electron chi connectivity index (χ3n) is 3.60. The van der Waals surface area contributed by atoms with Crippen LogP contribution in [0.1, 0.15) is 32.0 Å². The lowest BCUT2D eigenvalue weighted by molar-refractivity contribution is -0.385. The van der Waals surface area contributed by atoms with Crippen molar-refractivity contribution in [2.24, 2.45) is 5.10 Å². The highest BCUT2D eigenvalue weighted by Gasteiger charge is 2.25. The van der Waals surface area contributed by atoms with Crippen LogP contribution in [0.2, 0.25) is 0 Å². The van der Waals surface area contributed by atoms with Gasteiger partial charge in [-0.05, 0) is 15.9 Å². The molecule has 10 nitrogen and oxygen atoms in total. The van der Waals surface area contributed by atoms with Crippen LogP contribution in [0.5, 0.6) is 5.75 Å². The molecule has 0 aliphatic carbocycles. The van der Waals surface area contributed by atoms with Gasteiger partial charge in [-0.25, -0.2) is 14.6 Å². The van der Waals surface area contributed by atoms with E-state index in [0.29, 0.717) is 5.13 Å². The van der Waals surface area contributed by atoms with Crippen molar-refractivity contribution in [3.63, 3.8) is 0 Å². The van der Waals surface area contributed by atoms with Crippen LogP contribution in [0.25, 0.3) is 5.00 Å². The summed E-state index contributed by atoms with van der Waals surface area (Å²) in [4.78, 5) is 19.0. The summed E-state index contributed by atoms with van der Waals surface area (Å²) in [6.07, 6.45) is 4.33. The Morgan fingerprint density at radius 2 is 2.18 bits per heavy atom. The van der Waals surface area contributed by atoms with E-state index in [-0.39, 0.29) is 26.9 Å². The van der Waals surface area contributed by atoms with Gasteiger partial charge in [0.15, 0.2) is 0 Å². The van der Waals surface area contributed by atoms with E-state index in [1.165, 1.54) is 36.0 Å². The summed E-state index contributed by atoms with van der Waals surface area (Å²) in [6, 6.07) is 2.45. The smallest absolute Gasteiger partial charge is 0.271 e. The molecule has 2 N–H and O–H groups in total. The van der Waals surface area contributed by atoms with Gasteiger partial charge in [0.2, 0.25) is 5.13 Å². The fourth-order valence-corrected chi connectivity index (χ4v) is 3.80. The number of nitro benzene ring substituents is 1. The van der Waals surface area contributed by atoms with Crippen molar-refractivity contribution in [2.45, 2.75) is 26.2 Å². The Kier molecular flexibility index (Phi) is 5.42. The first-order valence-electron chi connectivity index (χ1n) is 7.99. The minimum absolute atomic E-state index is 0.144. The van der Waals surface area contributed by atoms with Gasteiger partial charge in [0.1, 0.15) is 23.4 Å². The Labute approximate surface area is 172 Å². The summed E-state index contributed by atoms with van der Waals surface area (Å²) in [5, 5.41) is 30.6. The fourth-order valence-electron chi connectivity index (χ4n) is 2.28. The summed E-state index contributed by atoms with van der Waals surface area (Å²) in [5.74, 6) is -0.144. The van der Waals surface area contributed by atoms with E-state index < -0.39 is 4.92 Å². The molecule has 3 aromatic rings. The second kappa shape index (κ2) is 7.64. The first-order valence-corrected chi connectivity index (χ1v) is 9.60. The molecule has 0 bridgehead atoms. The van der Waals surface area contributed by atoms with Gasteiger partial charge in [0.05, 0.1) is 21.3 Å². The largest absolute Gasteiger partial charge is 0.506 e. The molecule has 3 rings (SSSR count). The molecule has 0 fully saturated rings. The van der Waals surface area contributed by atoms with Crippen LogP contribution in [0.4, 0.5) is 10.8 Å². The molecular weight excluding hydrogens is 450 g/mol. The number of non-ortho nitro benzene ring substituents is 1. The third kappa shape index (κ3) is 4.17. The van der Waals surface area contributed by atoms with Crippen molar-refractivity contribution in [2.75, 3.05) is 5.43 Å². The van der Waals surface area contributed by atoms with Crippen molar-refractivity contribution in [3.8, 4) is 10.8 Å². The number of hydrogen-bond donors (Lipinski definition) is 2. The summed E-state index contributed by atoms with van der Waals surface area (Å²) in [5.41, 5.74) is 3.42. The number of phenolic OH excluding ortho intramolecular Hbond substituents is 1. The Hall–Kier alpha value is -2.86. The number of aromatic hydroxyl groups is 1. The molecule has 2 heterocycles. The van der Waals surface area contributed by atoms with Gasteiger partial charge in [-0.3, -0.25) is 15.5 Å². The number of hydrogen-bond acceptors (Lipinski definition) is 9. The lowest BCUT2D eigenvalue weighted by Crippen LogP contribution is -2.15. The number of benzene rings is 1. The third-order valence-corrected chi connectivity index (χ3v) is 5.15. The topological polar surface area (TPSA) is 131 Å². The Balaban J connectivity index is 1.89. The van der Waals surface area contributed by atoms with E-state index >= 15 is 0 Å². The maximum atomic E-state index is 11.0. The van der Waals surface area contributed by atoms with Crippen LogP contribution in [-0.2, 0) is 5.41 Å². The maximum absolute atomic E-state index is 11.0. The number of nitrogens with zero attached hydrogens (tertiary/aromatic N) is 6. The molecule has 0 atom stereocenters. The van der Waals surface area contributed by atoms with Crippen molar-refractivity contribution in [1.29, 1.82) is 0 Å². The highest BCUT2D eigenvalue weighted by atomic mass is 79.9. The van der Waals surface area contributed by atoms with E-state index in [0.717, 1.165) is 10.7 Å². The summed E-state index contributed by atoms with van der Waals surface area (Å²) >= 11 is 4.44. The van der Waals surface area contributed by atoms with Crippen LogP contribution in [0.15, 0.2) is 34.4 Å². The molecule has 2 aromatic heterocycles. The molecule has 146 valence electrons. The molecule has 0 spiro atoms. The monoisotopic (exact) mass is 465 g/mol. The lowest BCUT2D eigenvalue weighted by Gasteiger charge is -2.16. The highest BCUT2D eigenvalue weighted by Crippen LogP contribution is 2.35. The molecule has 0 amide bonds. The van der Waals surface area contributed by atoms with Gasteiger partial charge >= 0.3 is 0 Å². The van der Waals surface area contributed by atoms with E-state index in [4.69, 9.17) is 0 Å². The molecule has 0 saturated heterocycles. The predicted molar refractivity (Wildman–Crippen MR) is 109 cm³/mol. The number of halogens is 1. The van der Waals surface area contributed by atoms with Crippen LogP contribution >= 0.6 is 27.3 Å². The number of nitrogens with one attached hydrogen (secondary N) is 1. The second-order valence-electron chi connectivity index (χ2n) is 6.76. The van der Waals surface area contributed by atoms with Crippen LogP contribution in [0, 0.1) is 10.1 Å². The van der Waals surface area contributed by atoms with Gasteiger partial charge in [0.25, 0.3) is 5.69 Å². The summed E-state index contributed by atoms with van der Waals surface area (Å²) in [7, 11) is 0. The number of rotatable bonds is 5. The second-order valence-corrected chi connectivity index (χ2v) is 8.59. The van der Waals surface area contributed by atoms with E-state index in [1.807, 2.05) is 20.8 Å². The zero-order valence-corrected chi connectivity index (χ0v) is 17.5. The van der Waals surface area contributed by atoms with E-state index in [2.05, 4.69) is 41.5 Å². The Bertz CT molecular complexity index is 1040. The van der Waals surface area contributed by atoms with E-state index in [9.17, 15) is 15.2 Å². The Morgan fingerprint density at radius 3 is 2.79 bits per heavy atom. The molecule has 0 radical (unpaired) electrons. The van der Waals surface area contributed by atoms with Crippen molar-refractivity contribution < 1.29 is 10.0 Å². The number of thiazole rings is 1. The number of hydrazone groups is 1. The van der Waals surface area contributed by atoms with Gasteiger partial charge in [-0.1, -0.05) is 32.1 Å². The number of anilines is 1. The Morgan fingerprint density at radius 1 is 1.43 bits per heavy atom. The predicted octanol–water partition coefficient (Wildman–Crippen LogP) is 3.84. The first-order chi connectivity index (χ1) is 13.2. The number of nitro groups is 1. The molecule has 0 saturated carbocycles. The zero-order valence-electron chi connectivity index (χ0n) is 15.1. The van der Waals surface area contributed by atoms with Crippen molar-refractivity contribution in [1.82, 2.24) is 19.7 Å². The number of aromatic nitrogens is 4. The zero-order chi connectivity index (χ0) is 20.5. The molecule has 0 unspecified atom stereocenters. The molecule has 12 heteroatoms. The van der Waals surface area contributed by atoms with E-state index in [1.54, 1.807) is 11.0 Å². The van der Waals surface area contributed by atoms with Gasteiger partial charge in [-0.2, -0.15) is 10.2 Å². The molecule has 28 heavy (non-hydrogen) atoms. The lowest BCUT2D eigenvalue weighted by atomic mass is 9.92. The van der Waals surface area contributed by atoms with Gasteiger partial charge in [0, 0.05) is 23.1 Å².